The van der Waals surface area contributed by atoms with Crippen LogP contribution in [-0.2, 0) is 0 Å². The van der Waals surface area contributed by atoms with Gasteiger partial charge in [-0.25, -0.2) is 0 Å². The van der Waals surface area contributed by atoms with Crippen LogP contribution < -0.4 is 5.32 Å². The Morgan fingerprint density at radius 3 is 2.50 bits per heavy atom. The maximum atomic E-state index is 3.68. The predicted octanol–water partition coefficient (Wildman–Crippen LogP) is 4.76. The first-order valence-electron chi connectivity index (χ1n) is 8.33. The van der Waals surface area contributed by atoms with Gasteiger partial charge in [0.25, 0.3) is 0 Å². The number of aryl methyl sites for hydroxylation is 1. The third kappa shape index (κ3) is 4.34. The fourth-order valence-corrected chi connectivity index (χ4v) is 3.47. The van der Waals surface area contributed by atoms with E-state index in [0.29, 0.717) is 0 Å². The summed E-state index contributed by atoms with van der Waals surface area (Å²) in [5.41, 5.74) is 2.92. The minimum absolute atomic E-state index is 0.746. The van der Waals surface area contributed by atoms with Crippen LogP contribution in [0.3, 0.4) is 0 Å². The van der Waals surface area contributed by atoms with Gasteiger partial charge in [0, 0.05) is 0 Å². The molecule has 1 nitrogen and oxygen atoms in total. The SMILES string of the molecule is Cc1ccc(C2CC(C)CCC2CNCC(C)C)cc1. The van der Waals surface area contributed by atoms with E-state index < -0.39 is 0 Å². The van der Waals surface area contributed by atoms with Crippen LogP contribution in [0.5, 0.6) is 0 Å². The molecule has 1 saturated carbocycles. The second-order valence-electron chi connectivity index (χ2n) is 7.25. The fourth-order valence-electron chi connectivity index (χ4n) is 3.47. The van der Waals surface area contributed by atoms with Crippen LogP contribution in [-0.4, -0.2) is 13.1 Å². The molecular formula is C19H31N. The van der Waals surface area contributed by atoms with E-state index in [2.05, 4.69) is 57.3 Å². The average molecular weight is 273 g/mol. The molecule has 0 spiro atoms. The Bertz CT molecular complexity index is 393. The summed E-state index contributed by atoms with van der Waals surface area (Å²) in [5, 5.41) is 3.68. The zero-order valence-electron chi connectivity index (χ0n) is 13.7. The minimum Gasteiger partial charge on any atom is -0.316 e. The van der Waals surface area contributed by atoms with Gasteiger partial charge in [0.05, 0.1) is 0 Å². The topological polar surface area (TPSA) is 12.0 Å². The molecule has 112 valence electrons. The highest BCUT2D eigenvalue weighted by Gasteiger charge is 2.29. The summed E-state index contributed by atoms with van der Waals surface area (Å²) in [5.74, 6) is 3.18. The van der Waals surface area contributed by atoms with Crippen molar-refractivity contribution >= 4 is 0 Å². The molecule has 0 bridgehead atoms. The van der Waals surface area contributed by atoms with Crippen LogP contribution in [0.25, 0.3) is 0 Å². The number of hydrogen-bond acceptors (Lipinski definition) is 1. The normalized spacial score (nSPS) is 26.9. The van der Waals surface area contributed by atoms with Crippen LogP contribution in [0.1, 0.15) is 57.1 Å². The highest BCUT2D eigenvalue weighted by molar-refractivity contribution is 5.25. The molecule has 1 aromatic carbocycles. The second-order valence-corrected chi connectivity index (χ2v) is 7.25. The van der Waals surface area contributed by atoms with Crippen LogP contribution in [0.4, 0.5) is 0 Å². The molecule has 0 radical (unpaired) electrons. The van der Waals surface area contributed by atoms with Gasteiger partial charge in [-0.15, -0.1) is 0 Å². The molecule has 1 heteroatoms. The summed E-state index contributed by atoms with van der Waals surface area (Å²) >= 11 is 0. The highest BCUT2D eigenvalue weighted by Crippen LogP contribution is 2.40. The quantitative estimate of drug-likeness (QED) is 0.815. The van der Waals surface area contributed by atoms with Crippen molar-refractivity contribution in [1.29, 1.82) is 0 Å². The van der Waals surface area contributed by atoms with Crippen molar-refractivity contribution in [1.82, 2.24) is 5.32 Å². The van der Waals surface area contributed by atoms with Crippen LogP contribution >= 0.6 is 0 Å². The lowest BCUT2D eigenvalue weighted by atomic mass is 9.71. The first-order chi connectivity index (χ1) is 9.56. The molecule has 0 saturated heterocycles. The van der Waals surface area contributed by atoms with Gasteiger partial charge in [-0.3, -0.25) is 0 Å². The first kappa shape index (κ1) is 15.6. The Morgan fingerprint density at radius 2 is 1.85 bits per heavy atom. The van der Waals surface area contributed by atoms with E-state index in [-0.39, 0.29) is 0 Å². The summed E-state index contributed by atoms with van der Waals surface area (Å²) in [6, 6.07) is 9.25. The number of hydrogen-bond donors (Lipinski definition) is 1. The molecule has 3 unspecified atom stereocenters. The Kier molecular flexibility index (Phi) is 5.65. The van der Waals surface area contributed by atoms with Crippen molar-refractivity contribution in [3.63, 3.8) is 0 Å². The maximum Gasteiger partial charge on any atom is -0.00146 e. The molecule has 3 atom stereocenters. The monoisotopic (exact) mass is 273 g/mol. The summed E-state index contributed by atoms with van der Waals surface area (Å²) in [4.78, 5) is 0. The zero-order valence-corrected chi connectivity index (χ0v) is 13.7. The van der Waals surface area contributed by atoms with Gasteiger partial charge in [0.2, 0.25) is 0 Å². The molecule has 0 aromatic heterocycles. The van der Waals surface area contributed by atoms with Crippen molar-refractivity contribution < 1.29 is 0 Å². The summed E-state index contributed by atoms with van der Waals surface area (Å²) < 4.78 is 0. The molecule has 0 aliphatic heterocycles. The van der Waals surface area contributed by atoms with E-state index in [1.54, 1.807) is 5.56 Å². The molecule has 1 aliphatic carbocycles. The van der Waals surface area contributed by atoms with Crippen molar-refractivity contribution in [2.24, 2.45) is 17.8 Å². The molecule has 0 heterocycles. The summed E-state index contributed by atoms with van der Waals surface area (Å²) in [7, 11) is 0. The van der Waals surface area contributed by atoms with Crippen molar-refractivity contribution in [3.8, 4) is 0 Å². The van der Waals surface area contributed by atoms with Gasteiger partial charge in [-0.1, -0.05) is 57.0 Å². The van der Waals surface area contributed by atoms with Crippen molar-refractivity contribution in [2.45, 2.75) is 52.9 Å². The van der Waals surface area contributed by atoms with Crippen LogP contribution in [0, 0.1) is 24.7 Å². The van der Waals surface area contributed by atoms with Gasteiger partial charge in [-0.2, -0.15) is 0 Å². The predicted molar refractivity (Wildman–Crippen MR) is 88.1 cm³/mol. The third-order valence-corrected chi connectivity index (χ3v) is 4.72. The average Bonchev–Trinajstić information content (AvgIpc) is 2.41. The van der Waals surface area contributed by atoms with Gasteiger partial charge in [0.1, 0.15) is 0 Å². The number of nitrogens with one attached hydrogen (secondary N) is 1. The lowest BCUT2D eigenvalue weighted by Gasteiger charge is -2.35. The molecule has 1 fully saturated rings. The Balaban J connectivity index is 2.02. The van der Waals surface area contributed by atoms with Crippen LogP contribution in [0.15, 0.2) is 24.3 Å². The zero-order chi connectivity index (χ0) is 14.5. The van der Waals surface area contributed by atoms with Gasteiger partial charge < -0.3 is 5.32 Å². The molecule has 0 amide bonds. The van der Waals surface area contributed by atoms with Crippen molar-refractivity contribution in [2.75, 3.05) is 13.1 Å². The molecule has 1 aromatic rings. The van der Waals surface area contributed by atoms with Gasteiger partial charge in [0.15, 0.2) is 0 Å². The van der Waals surface area contributed by atoms with Gasteiger partial charge >= 0.3 is 0 Å². The van der Waals surface area contributed by atoms with E-state index in [0.717, 1.165) is 30.2 Å². The van der Waals surface area contributed by atoms with Gasteiger partial charge in [-0.05, 0) is 62.1 Å². The lowest BCUT2D eigenvalue weighted by Crippen LogP contribution is -2.33. The Hall–Kier alpha value is -0.820. The van der Waals surface area contributed by atoms with E-state index >= 15 is 0 Å². The smallest absolute Gasteiger partial charge is 0.00146 e. The molecule has 1 aliphatic rings. The Morgan fingerprint density at radius 1 is 1.15 bits per heavy atom. The maximum absolute atomic E-state index is 3.68. The van der Waals surface area contributed by atoms with E-state index in [4.69, 9.17) is 0 Å². The number of rotatable bonds is 5. The standard InChI is InChI=1S/C19H31N/c1-14(2)12-20-13-18-10-7-16(4)11-19(18)17-8-5-15(3)6-9-17/h5-6,8-9,14,16,18-20H,7,10-13H2,1-4H3. The second kappa shape index (κ2) is 7.26. The number of benzene rings is 1. The first-order valence-corrected chi connectivity index (χ1v) is 8.33. The largest absolute Gasteiger partial charge is 0.316 e. The van der Waals surface area contributed by atoms with Crippen molar-refractivity contribution in [3.05, 3.63) is 35.4 Å². The minimum atomic E-state index is 0.746. The summed E-state index contributed by atoms with van der Waals surface area (Å²) in [6.07, 6.45) is 4.14. The third-order valence-electron chi connectivity index (χ3n) is 4.72. The van der Waals surface area contributed by atoms with Crippen LogP contribution in [0.2, 0.25) is 0 Å². The lowest BCUT2D eigenvalue weighted by molar-refractivity contribution is 0.240. The summed E-state index contributed by atoms with van der Waals surface area (Å²) in [6.45, 7) is 11.5. The highest BCUT2D eigenvalue weighted by atomic mass is 14.9. The molecule has 20 heavy (non-hydrogen) atoms. The molecular weight excluding hydrogens is 242 g/mol. The van der Waals surface area contributed by atoms with E-state index in [1.165, 1.54) is 31.4 Å². The Labute approximate surface area is 125 Å². The fraction of sp³-hybridized carbons (Fsp3) is 0.684. The van der Waals surface area contributed by atoms with E-state index in [1.807, 2.05) is 0 Å². The molecule has 2 rings (SSSR count). The molecule has 1 N–H and O–H groups in total. The van der Waals surface area contributed by atoms with E-state index in [9.17, 15) is 0 Å².